The van der Waals surface area contributed by atoms with Gasteiger partial charge in [-0.2, -0.15) is 0 Å². The third kappa shape index (κ3) is 6.64. The number of para-hydroxylation sites is 3. The minimum Gasteiger partial charge on any atom is -0.507 e. The standard InChI is InChI=1S/C64H59N3O2/c1-35(2)39-23-17-24-40(36(3)4)59(39)67-55-28-16-15-25-54(55)66-62(67)50-30-37(52-26-18-27-53(65-52)49-31-38(63(5,6)7)32-51(60(49)68)64(8,9)10)29-48-45-33-46-47(34-56(45)69-61(48)50)58-43-21-13-11-19-41(43)57(46)42-20-12-14-22-44(42)58/h11-36,57-58,68H,1-10H3. The average molecular weight is 902 g/mol. The van der Waals surface area contributed by atoms with E-state index in [-0.39, 0.29) is 40.3 Å². The quantitative estimate of drug-likeness (QED) is 0.181. The van der Waals surface area contributed by atoms with E-state index in [1.165, 1.54) is 50.2 Å². The Balaban J connectivity index is 1.16. The number of benzene rings is 7. The van der Waals surface area contributed by atoms with Gasteiger partial charge >= 0.3 is 0 Å². The van der Waals surface area contributed by atoms with Crippen LogP contribution in [-0.4, -0.2) is 19.6 Å². The highest BCUT2D eigenvalue weighted by atomic mass is 16.3. The fourth-order valence-electron chi connectivity index (χ4n) is 11.6. The number of hydrogen-bond acceptors (Lipinski definition) is 4. The first-order valence-corrected chi connectivity index (χ1v) is 24.8. The molecule has 7 aromatic carbocycles. The van der Waals surface area contributed by atoms with Crippen molar-refractivity contribution < 1.29 is 9.52 Å². The van der Waals surface area contributed by atoms with E-state index in [4.69, 9.17) is 14.4 Å². The lowest BCUT2D eigenvalue weighted by Gasteiger charge is -2.42. The zero-order valence-electron chi connectivity index (χ0n) is 41.4. The monoisotopic (exact) mass is 901 g/mol. The molecule has 0 saturated carbocycles. The molecule has 3 aliphatic rings. The molecule has 0 amide bonds. The number of nitrogens with zero attached hydrogens (tertiary/aromatic N) is 3. The van der Waals surface area contributed by atoms with E-state index in [1.54, 1.807) is 0 Å². The van der Waals surface area contributed by atoms with Crippen LogP contribution in [0, 0.1) is 0 Å². The Hall–Kier alpha value is -7.24. The van der Waals surface area contributed by atoms with Gasteiger partial charge < -0.3 is 9.52 Å². The van der Waals surface area contributed by atoms with Crippen molar-refractivity contribution in [3.63, 3.8) is 0 Å². The van der Waals surface area contributed by atoms with Gasteiger partial charge in [-0.25, -0.2) is 9.97 Å². The second-order valence-electron chi connectivity index (χ2n) is 22.3. The molecule has 0 fully saturated rings. The molecule has 0 unspecified atom stereocenters. The van der Waals surface area contributed by atoms with Crippen molar-refractivity contribution in [1.82, 2.24) is 14.5 Å². The first-order chi connectivity index (χ1) is 33.1. The first-order valence-electron chi connectivity index (χ1n) is 24.8. The summed E-state index contributed by atoms with van der Waals surface area (Å²) in [6.07, 6.45) is 0. The van der Waals surface area contributed by atoms with Crippen molar-refractivity contribution in [2.45, 2.75) is 104 Å². The molecule has 3 aromatic heterocycles. The van der Waals surface area contributed by atoms with Gasteiger partial charge in [0.1, 0.15) is 22.7 Å². The maximum absolute atomic E-state index is 12.1. The van der Waals surface area contributed by atoms with Gasteiger partial charge in [-0.3, -0.25) is 4.57 Å². The highest BCUT2D eigenvalue weighted by molar-refractivity contribution is 6.12. The molecule has 10 aromatic rings. The SMILES string of the molecule is CC(C)c1cccc(C(C)C)c1-n1c(-c2cc(-c3cccc(-c4cc(C(C)(C)C)cc(C(C)(C)C)c4O)n3)cc3c2oc2cc4c(cc23)C2c3ccccc3C4c3ccccc32)nc2ccccc21. The first kappa shape index (κ1) is 43.1. The number of fused-ring (bicyclic) bond motifs is 4. The van der Waals surface area contributed by atoms with E-state index < -0.39 is 0 Å². The number of imidazole rings is 1. The number of phenols is 1. The Bertz CT molecular complexity index is 3660. The topological polar surface area (TPSA) is 64.1 Å². The van der Waals surface area contributed by atoms with Gasteiger partial charge in [0, 0.05) is 39.3 Å². The van der Waals surface area contributed by atoms with Crippen molar-refractivity contribution in [2.75, 3.05) is 0 Å². The zero-order chi connectivity index (χ0) is 47.8. The van der Waals surface area contributed by atoms with Crippen LogP contribution < -0.4 is 0 Å². The van der Waals surface area contributed by atoms with Crippen LogP contribution in [0.2, 0.25) is 0 Å². The van der Waals surface area contributed by atoms with Gasteiger partial charge in [0.25, 0.3) is 0 Å². The van der Waals surface area contributed by atoms with E-state index in [9.17, 15) is 5.11 Å². The summed E-state index contributed by atoms with van der Waals surface area (Å²) < 4.78 is 9.71. The molecule has 69 heavy (non-hydrogen) atoms. The number of furan rings is 1. The van der Waals surface area contributed by atoms with Crippen molar-refractivity contribution in [1.29, 1.82) is 0 Å². The fraction of sp³-hybridized carbons (Fsp3) is 0.250. The smallest absolute Gasteiger partial charge is 0.149 e. The largest absolute Gasteiger partial charge is 0.507 e. The molecule has 3 heterocycles. The number of aromatic hydroxyl groups is 1. The Kier molecular flexibility index (Phi) is 9.60. The van der Waals surface area contributed by atoms with Crippen molar-refractivity contribution >= 4 is 33.0 Å². The van der Waals surface area contributed by atoms with E-state index in [1.807, 2.05) is 6.07 Å². The second-order valence-corrected chi connectivity index (χ2v) is 22.3. The molecule has 0 spiro atoms. The van der Waals surface area contributed by atoms with Crippen LogP contribution >= 0.6 is 0 Å². The van der Waals surface area contributed by atoms with Crippen molar-refractivity contribution in [3.8, 4) is 45.3 Å². The van der Waals surface area contributed by atoms with Gasteiger partial charge in [-0.15, -0.1) is 0 Å². The number of pyridine rings is 1. The van der Waals surface area contributed by atoms with Crippen LogP contribution in [0.25, 0.3) is 72.6 Å². The van der Waals surface area contributed by atoms with Gasteiger partial charge in [-0.1, -0.05) is 160 Å². The molecule has 13 rings (SSSR count). The summed E-state index contributed by atoms with van der Waals surface area (Å²) in [6.45, 7) is 22.3. The molecule has 0 atom stereocenters. The Morgan fingerprint density at radius 2 is 1.12 bits per heavy atom. The normalized spacial score (nSPS) is 15.4. The summed E-state index contributed by atoms with van der Waals surface area (Å²) in [5, 5.41) is 14.2. The number of hydrogen-bond donors (Lipinski definition) is 1. The summed E-state index contributed by atoms with van der Waals surface area (Å²) in [5.41, 5.74) is 21.3. The molecule has 2 bridgehead atoms. The van der Waals surface area contributed by atoms with E-state index in [2.05, 4.69) is 213 Å². The maximum Gasteiger partial charge on any atom is 0.149 e. The maximum atomic E-state index is 12.1. The van der Waals surface area contributed by atoms with Crippen LogP contribution in [0.4, 0.5) is 0 Å². The van der Waals surface area contributed by atoms with Crippen molar-refractivity contribution in [3.05, 3.63) is 201 Å². The number of aromatic nitrogens is 3. The number of phenolic OH excluding ortho intramolecular Hbond substituents is 1. The highest BCUT2D eigenvalue weighted by Gasteiger charge is 2.42. The van der Waals surface area contributed by atoms with Gasteiger partial charge in [0.05, 0.1) is 33.7 Å². The molecule has 0 aliphatic heterocycles. The van der Waals surface area contributed by atoms with E-state index in [0.29, 0.717) is 0 Å². The Morgan fingerprint density at radius 3 is 1.72 bits per heavy atom. The summed E-state index contributed by atoms with van der Waals surface area (Å²) in [5.74, 6) is 1.86. The molecular formula is C64H59N3O2. The van der Waals surface area contributed by atoms with Crippen LogP contribution in [0.3, 0.4) is 0 Å². The molecule has 0 radical (unpaired) electrons. The molecule has 0 saturated heterocycles. The van der Waals surface area contributed by atoms with Gasteiger partial charge in [-0.05, 0) is 127 Å². The third-order valence-corrected chi connectivity index (χ3v) is 15.1. The van der Waals surface area contributed by atoms with Crippen molar-refractivity contribution in [2.24, 2.45) is 0 Å². The molecule has 5 heteroatoms. The highest BCUT2D eigenvalue weighted by Crippen LogP contribution is 2.57. The second kappa shape index (κ2) is 15.4. The van der Waals surface area contributed by atoms with Crippen LogP contribution in [-0.2, 0) is 10.8 Å². The predicted octanol–water partition coefficient (Wildman–Crippen LogP) is 16.9. The minimum atomic E-state index is -0.280. The zero-order valence-corrected chi connectivity index (χ0v) is 41.4. The van der Waals surface area contributed by atoms with Gasteiger partial charge in [0.15, 0.2) is 0 Å². The Morgan fingerprint density at radius 1 is 0.536 bits per heavy atom. The van der Waals surface area contributed by atoms with E-state index >= 15 is 0 Å². The molecule has 1 N–H and O–H groups in total. The van der Waals surface area contributed by atoms with Gasteiger partial charge in [0.2, 0.25) is 0 Å². The minimum absolute atomic E-state index is 0.119. The van der Waals surface area contributed by atoms with Crippen LogP contribution in [0.15, 0.2) is 150 Å². The lowest BCUT2D eigenvalue weighted by molar-refractivity contribution is 0.446. The predicted molar refractivity (Wildman–Crippen MR) is 284 cm³/mol. The van der Waals surface area contributed by atoms with Crippen LogP contribution in [0.5, 0.6) is 5.75 Å². The third-order valence-electron chi connectivity index (χ3n) is 15.1. The Labute approximate surface area is 405 Å². The summed E-state index contributed by atoms with van der Waals surface area (Å²) in [7, 11) is 0. The van der Waals surface area contributed by atoms with Crippen LogP contribution in [0.1, 0.15) is 149 Å². The summed E-state index contributed by atoms with van der Waals surface area (Å²) >= 11 is 0. The summed E-state index contributed by atoms with van der Waals surface area (Å²) in [6, 6.07) is 53.0. The molecule has 5 nitrogen and oxygen atoms in total. The average Bonchev–Trinajstić information content (AvgIpc) is 3.90. The lowest BCUT2D eigenvalue weighted by Crippen LogP contribution is -2.27. The fourth-order valence-corrected chi connectivity index (χ4v) is 11.6. The lowest BCUT2D eigenvalue weighted by atomic mass is 9.61. The number of rotatable bonds is 6. The molecular weight excluding hydrogens is 843 g/mol. The molecule has 342 valence electrons. The summed E-state index contributed by atoms with van der Waals surface area (Å²) in [4.78, 5) is 11.0. The van der Waals surface area contributed by atoms with E-state index in [0.717, 1.165) is 78.0 Å². The molecule has 3 aliphatic carbocycles.